The summed E-state index contributed by atoms with van der Waals surface area (Å²) < 4.78 is 22.8. The number of benzene rings is 1. The molecule has 7 heteroatoms. The van der Waals surface area contributed by atoms with Crippen molar-refractivity contribution in [3.8, 4) is 11.5 Å². The van der Waals surface area contributed by atoms with Gasteiger partial charge in [0.1, 0.15) is 29.0 Å². The Labute approximate surface area is 156 Å². The van der Waals surface area contributed by atoms with E-state index in [4.69, 9.17) is 18.3 Å². The van der Waals surface area contributed by atoms with Gasteiger partial charge in [-0.15, -0.1) is 0 Å². The predicted molar refractivity (Wildman–Crippen MR) is 95.5 cm³/mol. The Morgan fingerprint density at radius 3 is 2.00 bits per heavy atom. The van der Waals surface area contributed by atoms with Gasteiger partial charge in [0.2, 0.25) is 6.79 Å². The van der Waals surface area contributed by atoms with E-state index in [1.54, 1.807) is 6.07 Å². The molecule has 0 saturated carbocycles. The Morgan fingerprint density at radius 2 is 1.52 bits per heavy atom. The van der Waals surface area contributed by atoms with Crippen molar-refractivity contribution in [2.45, 2.75) is 32.6 Å². The Hall–Kier alpha value is -2.74. The lowest BCUT2D eigenvalue weighted by Gasteiger charge is -2.20. The average molecular weight is 371 g/mol. The molecule has 2 N–H and O–H groups in total. The number of quaternary nitrogens is 1. The van der Waals surface area contributed by atoms with Crippen LogP contribution in [0.2, 0.25) is 0 Å². The first-order valence-corrected chi connectivity index (χ1v) is 8.94. The van der Waals surface area contributed by atoms with Crippen molar-refractivity contribution in [3.05, 3.63) is 70.2 Å². The quantitative estimate of drug-likeness (QED) is 0.646. The summed E-state index contributed by atoms with van der Waals surface area (Å²) in [7, 11) is 0. The summed E-state index contributed by atoms with van der Waals surface area (Å²) >= 11 is 0. The molecule has 142 valence electrons. The smallest absolute Gasteiger partial charge is 0.231 e. The molecule has 0 bridgehead atoms. The van der Waals surface area contributed by atoms with Gasteiger partial charge in [-0.3, -0.25) is 0 Å². The number of ether oxygens (including phenoxy) is 2. The summed E-state index contributed by atoms with van der Waals surface area (Å²) in [4.78, 5) is 0. The van der Waals surface area contributed by atoms with Gasteiger partial charge in [0.15, 0.2) is 17.2 Å². The van der Waals surface area contributed by atoms with E-state index in [-0.39, 0.29) is 12.5 Å². The second-order valence-corrected chi connectivity index (χ2v) is 6.35. The third-order valence-electron chi connectivity index (χ3n) is 4.72. The van der Waals surface area contributed by atoms with E-state index in [9.17, 15) is 10.4 Å². The summed E-state index contributed by atoms with van der Waals surface area (Å²) in [5.41, 5.74) is 0.675. The summed E-state index contributed by atoms with van der Waals surface area (Å²) in [6, 6.07) is 10.7. The van der Waals surface area contributed by atoms with E-state index in [2.05, 4.69) is 0 Å². The molecule has 0 radical (unpaired) electrons. The van der Waals surface area contributed by atoms with Crippen molar-refractivity contribution >= 4 is 5.69 Å². The fourth-order valence-electron chi connectivity index (χ4n) is 3.31. The highest BCUT2D eigenvalue weighted by molar-refractivity contribution is 5.59. The highest BCUT2D eigenvalue weighted by Crippen LogP contribution is 2.43. The maximum absolute atomic E-state index is 12.0. The van der Waals surface area contributed by atoms with Crippen LogP contribution in [0.3, 0.4) is 0 Å². The summed E-state index contributed by atoms with van der Waals surface area (Å²) in [6.07, 6.45) is 1.50. The van der Waals surface area contributed by atoms with Crippen LogP contribution >= 0.6 is 0 Å². The molecule has 4 rings (SSSR count). The van der Waals surface area contributed by atoms with Gasteiger partial charge in [-0.2, -0.15) is 5.23 Å². The minimum atomic E-state index is -1.04. The SMILES string of the molecule is CCc1ccc(C(c2ccc(CC)o2)c2cc3c(cc2[NH+]([O-])O)OCO3)o1. The molecule has 1 unspecified atom stereocenters. The van der Waals surface area contributed by atoms with Crippen molar-refractivity contribution in [3.63, 3.8) is 0 Å². The molecule has 2 aromatic heterocycles. The normalized spacial score (nSPS) is 14.1. The fourth-order valence-corrected chi connectivity index (χ4v) is 3.31. The van der Waals surface area contributed by atoms with Crippen molar-refractivity contribution in [2.24, 2.45) is 0 Å². The third-order valence-corrected chi connectivity index (χ3v) is 4.72. The largest absolute Gasteiger partial charge is 0.595 e. The number of rotatable bonds is 6. The molecular weight excluding hydrogens is 350 g/mol. The first kappa shape index (κ1) is 17.7. The van der Waals surface area contributed by atoms with Crippen LogP contribution in [-0.4, -0.2) is 12.0 Å². The van der Waals surface area contributed by atoms with E-state index in [0.717, 1.165) is 24.4 Å². The molecule has 0 spiro atoms. The van der Waals surface area contributed by atoms with Crippen LogP contribution in [0, 0.1) is 5.21 Å². The second kappa shape index (κ2) is 7.11. The first-order valence-electron chi connectivity index (χ1n) is 8.94. The van der Waals surface area contributed by atoms with E-state index >= 15 is 0 Å². The highest BCUT2D eigenvalue weighted by atomic mass is 16.8. The number of hydrogen-bond acceptors (Lipinski definition) is 6. The molecule has 0 fully saturated rings. The molecule has 0 amide bonds. The van der Waals surface area contributed by atoms with E-state index in [1.807, 2.05) is 38.1 Å². The molecule has 1 aliphatic rings. The number of aryl methyl sites for hydroxylation is 2. The minimum absolute atomic E-state index is 0.0734. The lowest BCUT2D eigenvalue weighted by Crippen LogP contribution is -2.99. The monoisotopic (exact) mass is 371 g/mol. The molecule has 27 heavy (non-hydrogen) atoms. The number of hydrogen-bond donors (Lipinski definition) is 2. The van der Waals surface area contributed by atoms with Gasteiger partial charge in [-0.05, 0) is 30.3 Å². The number of nitrogens with one attached hydrogen (secondary N) is 1. The lowest BCUT2D eigenvalue weighted by molar-refractivity contribution is -0.991. The van der Waals surface area contributed by atoms with Gasteiger partial charge in [-0.1, -0.05) is 13.8 Å². The molecule has 1 aromatic carbocycles. The molecule has 1 aliphatic heterocycles. The van der Waals surface area contributed by atoms with Crippen molar-refractivity contribution in [1.29, 1.82) is 0 Å². The van der Waals surface area contributed by atoms with Crippen LogP contribution in [0.5, 0.6) is 11.5 Å². The molecular formula is C20H21NO6. The molecule has 3 aromatic rings. The lowest BCUT2D eigenvalue weighted by atomic mass is 9.92. The third kappa shape index (κ3) is 3.21. The van der Waals surface area contributed by atoms with Crippen LogP contribution < -0.4 is 14.7 Å². The molecule has 7 nitrogen and oxygen atoms in total. The van der Waals surface area contributed by atoms with Gasteiger partial charge in [-0.25, -0.2) is 5.21 Å². The van der Waals surface area contributed by atoms with E-state index in [1.165, 1.54) is 6.07 Å². The van der Waals surface area contributed by atoms with Crippen molar-refractivity contribution in [2.75, 3.05) is 6.79 Å². The van der Waals surface area contributed by atoms with Crippen LogP contribution in [0.15, 0.2) is 45.2 Å². The Kier molecular flexibility index (Phi) is 4.65. The maximum Gasteiger partial charge on any atom is 0.231 e. The van der Waals surface area contributed by atoms with Gasteiger partial charge in [0.05, 0.1) is 0 Å². The second-order valence-electron chi connectivity index (χ2n) is 6.35. The summed E-state index contributed by atoms with van der Waals surface area (Å²) in [6.45, 7) is 4.08. The first-order chi connectivity index (χ1) is 13.1. The molecule has 3 heterocycles. The summed E-state index contributed by atoms with van der Waals surface area (Å²) in [5, 5.41) is 20.7. The number of fused-ring (bicyclic) bond motifs is 1. The molecule has 0 saturated heterocycles. The Morgan fingerprint density at radius 1 is 0.963 bits per heavy atom. The zero-order valence-corrected chi connectivity index (χ0v) is 15.2. The predicted octanol–water partition coefficient (Wildman–Crippen LogP) is 3.31. The zero-order chi connectivity index (χ0) is 19.0. The standard InChI is InChI=1S/C20H21NO6/c1-3-12-5-7-16(26-12)20(17-8-6-13(4-2)27-17)14-9-18-19(25-11-24-18)10-15(14)21(22)23/h5-10,20-22H,3-4,11H2,1-2H3. The van der Waals surface area contributed by atoms with Gasteiger partial charge in [0.25, 0.3) is 0 Å². The van der Waals surface area contributed by atoms with Gasteiger partial charge < -0.3 is 23.5 Å². The van der Waals surface area contributed by atoms with Gasteiger partial charge >= 0.3 is 0 Å². The van der Waals surface area contributed by atoms with Crippen LogP contribution in [0.4, 0.5) is 5.69 Å². The fraction of sp³-hybridized carbons (Fsp3) is 0.300. The summed E-state index contributed by atoms with van der Waals surface area (Å²) in [5.74, 6) is 3.37. The number of furan rings is 2. The van der Waals surface area contributed by atoms with E-state index in [0.29, 0.717) is 28.6 Å². The molecule has 1 atom stereocenters. The zero-order valence-electron chi connectivity index (χ0n) is 15.2. The van der Waals surface area contributed by atoms with Crippen molar-refractivity contribution in [1.82, 2.24) is 0 Å². The van der Waals surface area contributed by atoms with Crippen LogP contribution in [-0.2, 0) is 12.8 Å². The minimum Gasteiger partial charge on any atom is -0.595 e. The molecule has 0 aliphatic carbocycles. The van der Waals surface area contributed by atoms with Crippen molar-refractivity contribution < 1.29 is 28.7 Å². The highest BCUT2D eigenvalue weighted by Gasteiger charge is 2.31. The van der Waals surface area contributed by atoms with E-state index < -0.39 is 11.1 Å². The Balaban J connectivity index is 1.90. The topological polar surface area (TPSA) is 92.5 Å². The van der Waals surface area contributed by atoms with Crippen LogP contribution in [0.1, 0.15) is 48.4 Å². The van der Waals surface area contributed by atoms with Crippen LogP contribution in [0.25, 0.3) is 0 Å². The van der Waals surface area contributed by atoms with Gasteiger partial charge in [0, 0.05) is 24.5 Å². The average Bonchev–Trinajstić information content (AvgIpc) is 3.41. The Bertz CT molecular complexity index is 900. The maximum atomic E-state index is 12.0.